The van der Waals surface area contributed by atoms with Gasteiger partial charge in [0.25, 0.3) is 5.91 Å². The highest BCUT2D eigenvalue weighted by atomic mass is 16.5. The van der Waals surface area contributed by atoms with Crippen molar-refractivity contribution in [3.8, 4) is 11.5 Å². The quantitative estimate of drug-likeness (QED) is 0.858. The Morgan fingerprint density at radius 1 is 1.58 bits per heavy atom. The van der Waals surface area contributed by atoms with Gasteiger partial charge in [-0.1, -0.05) is 6.07 Å². The zero-order valence-corrected chi connectivity index (χ0v) is 11.3. The third-order valence-corrected chi connectivity index (χ3v) is 3.53. The van der Waals surface area contributed by atoms with Crippen LogP contribution < -0.4 is 10.1 Å². The lowest BCUT2D eigenvalue weighted by molar-refractivity contribution is 0.0733. The first-order chi connectivity index (χ1) is 9.19. The molecule has 1 aliphatic rings. The van der Waals surface area contributed by atoms with E-state index in [1.807, 2.05) is 11.9 Å². The van der Waals surface area contributed by atoms with Gasteiger partial charge in [-0.25, -0.2) is 0 Å². The lowest BCUT2D eigenvalue weighted by Crippen LogP contribution is -2.40. The normalized spacial score (nSPS) is 18.6. The Morgan fingerprint density at radius 3 is 3.05 bits per heavy atom. The Morgan fingerprint density at radius 2 is 2.37 bits per heavy atom. The number of amides is 1. The summed E-state index contributed by atoms with van der Waals surface area (Å²) in [6.07, 6.45) is 2.00. The number of rotatable bonds is 4. The molecule has 104 valence electrons. The van der Waals surface area contributed by atoms with Crippen molar-refractivity contribution >= 4 is 5.91 Å². The third kappa shape index (κ3) is 2.66. The fourth-order valence-corrected chi connectivity index (χ4v) is 2.57. The zero-order chi connectivity index (χ0) is 13.8. The molecule has 0 saturated carbocycles. The van der Waals surface area contributed by atoms with Crippen LogP contribution in [-0.4, -0.2) is 49.2 Å². The predicted molar refractivity (Wildman–Crippen MR) is 72.6 cm³/mol. The summed E-state index contributed by atoms with van der Waals surface area (Å²) in [6, 6.07) is 5.19. The van der Waals surface area contributed by atoms with Crippen LogP contribution in [0.25, 0.3) is 0 Å². The van der Waals surface area contributed by atoms with Crippen LogP contribution >= 0.6 is 0 Å². The first-order valence-corrected chi connectivity index (χ1v) is 6.50. The molecule has 0 radical (unpaired) electrons. The van der Waals surface area contributed by atoms with E-state index in [4.69, 9.17) is 4.74 Å². The van der Waals surface area contributed by atoms with Gasteiger partial charge < -0.3 is 20.1 Å². The predicted octanol–water partition coefficient (Wildman–Crippen LogP) is 1.22. The highest BCUT2D eigenvalue weighted by Gasteiger charge is 2.30. The van der Waals surface area contributed by atoms with Crippen molar-refractivity contribution in [3.05, 3.63) is 23.8 Å². The van der Waals surface area contributed by atoms with Gasteiger partial charge in [-0.15, -0.1) is 0 Å². The molecule has 1 saturated heterocycles. The highest BCUT2D eigenvalue weighted by Crippen LogP contribution is 2.31. The van der Waals surface area contributed by atoms with Gasteiger partial charge in [-0.3, -0.25) is 4.79 Å². The number of para-hydroxylation sites is 1. The minimum atomic E-state index is -0.130. The minimum absolute atomic E-state index is 0.0786. The maximum absolute atomic E-state index is 12.5. The van der Waals surface area contributed by atoms with Crippen molar-refractivity contribution in [2.24, 2.45) is 0 Å². The van der Waals surface area contributed by atoms with Crippen LogP contribution in [0.5, 0.6) is 11.5 Å². The molecule has 1 amide bonds. The van der Waals surface area contributed by atoms with Crippen molar-refractivity contribution < 1.29 is 14.6 Å². The summed E-state index contributed by atoms with van der Waals surface area (Å²) in [5.74, 6) is 0.120. The number of nitrogens with zero attached hydrogens (tertiary/aromatic N) is 1. The van der Waals surface area contributed by atoms with Crippen LogP contribution in [0, 0.1) is 0 Å². The molecule has 1 aromatic rings. The largest absolute Gasteiger partial charge is 0.504 e. The van der Waals surface area contributed by atoms with Crippen LogP contribution in [0.2, 0.25) is 0 Å². The van der Waals surface area contributed by atoms with Gasteiger partial charge in [-0.2, -0.15) is 0 Å². The lowest BCUT2D eigenvalue weighted by Gasteiger charge is -2.25. The summed E-state index contributed by atoms with van der Waals surface area (Å²) in [7, 11) is 3.35. The van der Waals surface area contributed by atoms with E-state index in [2.05, 4.69) is 5.32 Å². The SMILES string of the molecule is CNCC1CCCN1C(=O)c1cccc(OC)c1O. The topological polar surface area (TPSA) is 61.8 Å². The van der Waals surface area contributed by atoms with Crippen LogP contribution in [0.15, 0.2) is 18.2 Å². The molecule has 19 heavy (non-hydrogen) atoms. The number of phenolic OH excluding ortho intramolecular Hbond substituents is 1. The molecule has 1 heterocycles. The number of benzene rings is 1. The van der Waals surface area contributed by atoms with Crippen LogP contribution in [-0.2, 0) is 0 Å². The fourth-order valence-electron chi connectivity index (χ4n) is 2.57. The molecule has 5 nitrogen and oxygen atoms in total. The summed E-state index contributed by atoms with van der Waals surface area (Å²) in [5.41, 5.74) is 0.308. The molecule has 0 spiro atoms. The molecular weight excluding hydrogens is 244 g/mol. The number of likely N-dealkylation sites (N-methyl/N-ethyl adjacent to an activating group) is 1. The number of likely N-dealkylation sites (tertiary alicyclic amines) is 1. The van der Waals surface area contributed by atoms with E-state index in [9.17, 15) is 9.90 Å². The second-order valence-corrected chi connectivity index (χ2v) is 4.71. The molecule has 0 aliphatic carbocycles. The van der Waals surface area contributed by atoms with E-state index >= 15 is 0 Å². The molecule has 5 heteroatoms. The summed E-state index contributed by atoms with van der Waals surface area (Å²) in [6.45, 7) is 1.51. The number of aromatic hydroxyl groups is 1. The number of hydrogen-bond donors (Lipinski definition) is 2. The molecule has 1 unspecified atom stereocenters. The van der Waals surface area contributed by atoms with Gasteiger partial charge in [-0.05, 0) is 32.0 Å². The third-order valence-electron chi connectivity index (χ3n) is 3.53. The van der Waals surface area contributed by atoms with E-state index < -0.39 is 0 Å². The summed E-state index contributed by atoms with van der Waals surface area (Å²) >= 11 is 0. The van der Waals surface area contributed by atoms with Gasteiger partial charge in [0.05, 0.1) is 12.7 Å². The molecular formula is C14H20N2O3. The first-order valence-electron chi connectivity index (χ1n) is 6.50. The standard InChI is InChI=1S/C14H20N2O3/c1-15-9-10-5-4-8-16(10)14(18)11-6-3-7-12(19-2)13(11)17/h3,6-7,10,15,17H,4-5,8-9H2,1-2H3. The fraction of sp³-hybridized carbons (Fsp3) is 0.500. The summed E-state index contributed by atoms with van der Waals surface area (Å²) in [5, 5.41) is 13.1. The Labute approximate surface area is 113 Å². The number of phenols is 1. The number of carbonyl (C=O) groups is 1. The first kappa shape index (κ1) is 13.7. The Balaban J connectivity index is 2.24. The number of hydrogen-bond acceptors (Lipinski definition) is 4. The molecule has 2 N–H and O–H groups in total. The number of methoxy groups -OCH3 is 1. The van der Waals surface area contributed by atoms with Gasteiger partial charge in [0.2, 0.25) is 0 Å². The van der Waals surface area contributed by atoms with Crippen molar-refractivity contribution in [1.29, 1.82) is 0 Å². The van der Waals surface area contributed by atoms with Gasteiger partial charge in [0, 0.05) is 19.1 Å². The van der Waals surface area contributed by atoms with Crippen LogP contribution in [0.3, 0.4) is 0 Å². The van der Waals surface area contributed by atoms with E-state index in [1.54, 1.807) is 18.2 Å². The maximum Gasteiger partial charge on any atom is 0.258 e. The molecule has 1 aliphatic heterocycles. The number of nitrogens with one attached hydrogen (secondary N) is 1. The van der Waals surface area contributed by atoms with Crippen molar-refractivity contribution in [2.75, 3.05) is 27.2 Å². The Bertz CT molecular complexity index is 462. The average molecular weight is 264 g/mol. The van der Waals surface area contributed by atoms with Gasteiger partial charge in [0.1, 0.15) is 0 Å². The molecule has 1 atom stereocenters. The van der Waals surface area contributed by atoms with Crippen molar-refractivity contribution in [2.45, 2.75) is 18.9 Å². The second-order valence-electron chi connectivity index (χ2n) is 4.71. The van der Waals surface area contributed by atoms with E-state index in [0.29, 0.717) is 11.3 Å². The number of carbonyl (C=O) groups excluding carboxylic acids is 1. The Kier molecular flexibility index (Phi) is 4.27. The van der Waals surface area contributed by atoms with E-state index in [0.717, 1.165) is 25.9 Å². The summed E-state index contributed by atoms with van der Waals surface area (Å²) < 4.78 is 5.04. The molecule has 0 aromatic heterocycles. The van der Waals surface area contributed by atoms with Gasteiger partial charge >= 0.3 is 0 Å². The average Bonchev–Trinajstić information content (AvgIpc) is 2.87. The van der Waals surface area contributed by atoms with Crippen LogP contribution in [0.1, 0.15) is 23.2 Å². The summed E-state index contributed by atoms with van der Waals surface area (Å²) in [4.78, 5) is 14.3. The van der Waals surface area contributed by atoms with Crippen LogP contribution in [0.4, 0.5) is 0 Å². The smallest absolute Gasteiger partial charge is 0.258 e. The molecule has 1 fully saturated rings. The maximum atomic E-state index is 12.5. The Hall–Kier alpha value is -1.75. The van der Waals surface area contributed by atoms with Crippen molar-refractivity contribution in [1.82, 2.24) is 10.2 Å². The molecule has 2 rings (SSSR count). The lowest BCUT2D eigenvalue weighted by atomic mass is 10.1. The highest BCUT2D eigenvalue weighted by molar-refractivity contribution is 5.98. The molecule has 1 aromatic carbocycles. The molecule has 0 bridgehead atoms. The minimum Gasteiger partial charge on any atom is -0.504 e. The second kappa shape index (κ2) is 5.93. The van der Waals surface area contributed by atoms with Crippen molar-refractivity contribution in [3.63, 3.8) is 0 Å². The van der Waals surface area contributed by atoms with E-state index in [-0.39, 0.29) is 17.7 Å². The zero-order valence-electron chi connectivity index (χ0n) is 11.3. The number of ether oxygens (including phenoxy) is 1. The monoisotopic (exact) mass is 264 g/mol. The van der Waals surface area contributed by atoms with Gasteiger partial charge in [0.15, 0.2) is 11.5 Å². The van der Waals surface area contributed by atoms with E-state index in [1.165, 1.54) is 7.11 Å².